The molecule has 0 amide bonds. The lowest BCUT2D eigenvalue weighted by atomic mass is 10.1. The van der Waals surface area contributed by atoms with Crippen LogP contribution in [-0.4, -0.2) is 5.11 Å². The topological polar surface area (TPSA) is 29.5 Å². The van der Waals surface area contributed by atoms with Gasteiger partial charge in [-0.1, -0.05) is 30.8 Å². The first-order valence-electron chi connectivity index (χ1n) is 3.78. The van der Waals surface area contributed by atoms with Crippen LogP contribution in [0.3, 0.4) is 0 Å². The molecule has 0 radical (unpaired) electrons. The molecular weight excluding hydrogens is 152 g/mol. The highest BCUT2D eigenvalue weighted by Crippen LogP contribution is 2.06. The Morgan fingerprint density at radius 1 is 1.42 bits per heavy atom. The molecule has 0 heterocycles. The van der Waals surface area contributed by atoms with Gasteiger partial charge in [0.25, 0.3) is 0 Å². The van der Waals surface area contributed by atoms with Crippen molar-refractivity contribution in [1.82, 2.24) is 0 Å². The summed E-state index contributed by atoms with van der Waals surface area (Å²) in [5.41, 5.74) is 1.95. The van der Waals surface area contributed by atoms with E-state index >= 15 is 0 Å². The number of ether oxygens (including phenoxy) is 1. The molecule has 0 atom stereocenters. The van der Waals surface area contributed by atoms with Crippen molar-refractivity contribution in [2.75, 3.05) is 0 Å². The number of hydrogen-bond donors (Lipinski definition) is 1. The van der Waals surface area contributed by atoms with Crippen molar-refractivity contribution in [3.05, 3.63) is 48.2 Å². The molecule has 0 aliphatic rings. The van der Waals surface area contributed by atoms with Gasteiger partial charge in [-0.15, -0.1) is 0 Å². The molecule has 1 N–H and O–H groups in total. The normalized spacial score (nSPS) is 9.42. The largest absolute Gasteiger partial charge is 0.497 e. The molecule has 12 heavy (non-hydrogen) atoms. The lowest BCUT2D eigenvalue weighted by Crippen LogP contribution is -1.89. The molecule has 0 saturated carbocycles. The smallest absolute Gasteiger partial charge is 0.112 e. The molecule has 0 aliphatic heterocycles. The Bertz CT molecular complexity index is 256. The minimum absolute atomic E-state index is 0.0714. The van der Waals surface area contributed by atoms with E-state index < -0.39 is 0 Å². The number of rotatable bonds is 4. The summed E-state index contributed by atoms with van der Waals surface area (Å²) in [7, 11) is 0. The quantitative estimate of drug-likeness (QED) is 0.688. The summed E-state index contributed by atoms with van der Waals surface area (Å²) in [6, 6.07) is 7.62. The van der Waals surface area contributed by atoms with Crippen molar-refractivity contribution >= 4 is 0 Å². The summed E-state index contributed by atoms with van der Waals surface area (Å²) < 4.78 is 5.00. The molecule has 0 saturated heterocycles. The van der Waals surface area contributed by atoms with E-state index in [1.807, 2.05) is 24.3 Å². The average molecular weight is 164 g/mol. The van der Waals surface area contributed by atoms with Crippen LogP contribution in [0.15, 0.2) is 37.1 Å². The van der Waals surface area contributed by atoms with Crippen LogP contribution in [-0.2, 0) is 18.0 Å². The van der Waals surface area contributed by atoms with Crippen LogP contribution in [0.5, 0.6) is 0 Å². The van der Waals surface area contributed by atoms with Gasteiger partial charge >= 0.3 is 0 Å². The Morgan fingerprint density at radius 2 is 2.17 bits per heavy atom. The van der Waals surface area contributed by atoms with Crippen molar-refractivity contribution < 1.29 is 9.84 Å². The first kappa shape index (κ1) is 8.81. The van der Waals surface area contributed by atoms with Crippen molar-refractivity contribution in [2.24, 2.45) is 0 Å². The molecule has 0 aromatic heterocycles. The first-order chi connectivity index (χ1) is 5.86. The maximum Gasteiger partial charge on any atom is 0.112 e. The second-order valence-corrected chi connectivity index (χ2v) is 2.46. The molecule has 0 unspecified atom stereocenters. The van der Waals surface area contributed by atoms with E-state index in [1.54, 1.807) is 0 Å². The van der Waals surface area contributed by atoms with Gasteiger partial charge < -0.3 is 9.84 Å². The van der Waals surface area contributed by atoms with E-state index in [1.165, 1.54) is 6.26 Å². The summed E-state index contributed by atoms with van der Waals surface area (Å²) in [4.78, 5) is 0. The molecule has 0 fully saturated rings. The molecule has 0 bridgehead atoms. The third-order valence-corrected chi connectivity index (χ3v) is 1.54. The van der Waals surface area contributed by atoms with Gasteiger partial charge in [0.2, 0.25) is 0 Å². The van der Waals surface area contributed by atoms with Crippen molar-refractivity contribution in [3.8, 4) is 0 Å². The Balaban J connectivity index is 2.65. The number of benzene rings is 1. The maximum atomic E-state index is 8.83. The van der Waals surface area contributed by atoms with Gasteiger partial charge in [0.05, 0.1) is 12.9 Å². The van der Waals surface area contributed by atoms with E-state index in [0.717, 1.165) is 11.1 Å². The molecule has 2 heteroatoms. The predicted octanol–water partition coefficient (Wildman–Crippen LogP) is 1.84. The van der Waals surface area contributed by atoms with Gasteiger partial charge in [-0.05, 0) is 11.1 Å². The second kappa shape index (κ2) is 4.57. The van der Waals surface area contributed by atoms with E-state index in [9.17, 15) is 0 Å². The Labute approximate surface area is 72.1 Å². The Kier molecular flexibility index (Phi) is 3.35. The van der Waals surface area contributed by atoms with Crippen molar-refractivity contribution in [1.29, 1.82) is 0 Å². The SMILES string of the molecule is C=COCc1cccc(CO)c1. The molecule has 64 valence electrons. The van der Waals surface area contributed by atoms with E-state index in [-0.39, 0.29) is 6.61 Å². The fourth-order valence-corrected chi connectivity index (χ4v) is 0.973. The lowest BCUT2D eigenvalue weighted by molar-refractivity contribution is 0.237. The molecule has 1 aromatic carbocycles. The molecule has 1 rings (SSSR count). The van der Waals surface area contributed by atoms with Crippen LogP contribution in [0.4, 0.5) is 0 Å². The van der Waals surface area contributed by atoms with Gasteiger partial charge in [0.1, 0.15) is 6.61 Å². The van der Waals surface area contributed by atoms with Crippen LogP contribution in [0.2, 0.25) is 0 Å². The third-order valence-electron chi connectivity index (χ3n) is 1.54. The number of aliphatic hydroxyl groups is 1. The van der Waals surface area contributed by atoms with Crippen LogP contribution in [0.25, 0.3) is 0 Å². The molecule has 2 nitrogen and oxygen atoms in total. The summed E-state index contributed by atoms with van der Waals surface area (Å²) >= 11 is 0. The van der Waals surface area contributed by atoms with Crippen LogP contribution < -0.4 is 0 Å². The second-order valence-electron chi connectivity index (χ2n) is 2.46. The zero-order chi connectivity index (χ0) is 8.81. The highest BCUT2D eigenvalue weighted by atomic mass is 16.5. The van der Waals surface area contributed by atoms with E-state index in [4.69, 9.17) is 9.84 Å². The number of aliphatic hydroxyl groups excluding tert-OH is 1. The minimum Gasteiger partial charge on any atom is -0.497 e. The number of hydrogen-bond acceptors (Lipinski definition) is 2. The van der Waals surface area contributed by atoms with Gasteiger partial charge in [0, 0.05) is 0 Å². The maximum absolute atomic E-state index is 8.83. The van der Waals surface area contributed by atoms with Gasteiger partial charge in [0.15, 0.2) is 0 Å². The molecule has 1 aromatic rings. The van der Waals surface area contributed by atoms with Gasteiger partial charge in [-0.3, -0.25) is 0 Å². The van der Waals surface area contributed by atoms with E-state index in [2.05, 4.69) is 6.58 Å². The molecule has 0 aliphatic carbocycles. The average Bonchev–Trinajstić information content (AvgIpc) is 2.15. The minimum atomic E-state index is 0.0714. The highest BCUT2D eigenvalue weighted by molar-refractivity contribution is 5.22. The standard InChI is InChI=1S/C10H12O2/c1-2-12-8-10-5-3-4-9(6-10)7-11/h2-6,11H,1,7-8H2. The monoisotopic (exact) mass is 164 g/mol. The summed E-state index contributed by atoms with van der Waals surface area (Å²) in [6.45, 7) is 4.03. The summed E-state index contributed by atoms with van der Waals surface area (Å²) in [5, 5.41) is 8.83. The van der Waals surface area contributed by atoms with Crippen LogP contribution in [0.1, 0.15) is 11.1 Å². The first-order valence-corrected chi connectivity index (χ1v) is 3.78. The van der Waals surface area contributed by atoms with Crippen LogP contribution in [0, 0.1) is 0 Å². The van der Waals surface area contributed by atoms with Crippen molar-refractivity contribution in [3.63, 3.8) is 0 Å². The fourth-order valence-electron chi connectivity index (χ4n) is 0.973. The van der Waals surface area contributed by atoms with Crippen molar-refractivity contribution in [2.45, 2.75) is 13.2 Å². The fraction of sp³-hybridized carbons (Fsp3) is 0.200. The zero-order valence-corrected chi connectivity index (χ0v) is 6.86. The third kappa shape index (κ3) is 2.40. The Hall–Kier alpha value is -1.28. The van der Waals surface area contributed by atoms with Gasteiger partial charge in [-0.2, -0.15) is 0 Å². The van der Waals surface area contributed by atoms with Gasteiger partial charge in [-0.25, -0.2) is 0 Å². The zero-order valence-electron chi connectivity index (χ0n) is 6.86. The molecule has 0 spiro atoms. The van der Waals surface area contributed by atoms with Crippen LogP contribution >= 0.6 is 0 Å². The summed E-state index contributed by atoms with van der Waals surface area (Å²) in [5.74, 6) is 0. The highest BCUT2D eigenvalue weighted by Gasteiger charge is 1.93. The lowest BCUT2D eigenvalue weighted by Gasteiger charge is -2.02. The molecular formula is C10H12O2. The summed E-state index contributed by atoms with van der Waals surface area (Å²) in [6.07, 6.45) is 1.41. The Morgan fingerprint density at radius 3 is 2.83 bits per heavy atom. The van der Waals surface area contributed by atoms with E-state index in [0.29, 0.717) is 6.61 Å². The predicted molar refractivity (Wildman–Crippen MR) is 47.4 cm³/mol.